The summed E-state index contributed by atoms with van der Waals surface area (Å²) >= 11 is 0. The summed E-state index contributed by atoms with van der Waals surface area (Å²) in [5, 5.41) is 39.3. The quantitative estimate of drug-likeness (QED) is 0.453. The third-order valence-electron chi connectivity index (χ3n) is 5.79. The maximum Gasteiger partial charge on any atom is 0.290 e. The molecule has 2 atom stereocenters. The summed E-state index contributed by atoms with van der Waals surface area (Å²) in [5.74, 6) is 0.277. The van der Waals surface area contributed by atoms with Crippen LogP contribution in [0.1, 0.15) is 30.7 Å². The molecule has 5 rings (SSSR count). The van der Waals surface area contributed by atoms with Gasteiger partial charge in [-0.3, -0.25) is 9.20 Å². The first-order chi connectivity index (χ1) is 15.4. The number of nitrogens with one attached hydrogen (secondary N) is 1. The van der Waals surface area contributed by atoms with E-state index in [-0.39, 0.29) is 23.8 Å². The van der Waals surface area contributed by atoms with Crippen molar-refractivity contribution in [1.29, 1.82) is 0 Å². The van der Waals surface area contributed by atoms with E-state index >= 15 is 0 Å². The van der Waals surface area contributed by atoms with Crippen molar-refractivity contribution >= 4 is 17.9 Å². The van der Waals surface area contributed by atoms with Crippen molar-refractivity contribution in [3.63, 3.8) is 0 Å². The van der Waals surface area contributed by atoms with Crippen LogP contribution in [0.5, 0.6) is 5.75 Å². The number of aromatic hydroxyl groups is 1. The first-order valence-electron chi connectivity index (χ1n) is 10.5. The van der Waals surface area contributed by atoms with E-state index < -0.39 is 11.9 Å². The highest BCUT2D eigenvalue weighted by atomic mass is 19.1. The van der Waals surface area contributed by atoms with Crippen LogP contribution >= 0.6 is 0 Å². The number of phenolic OH excluding ortho intramolecular Hbond substituents is 1. The minimum Gasteiger partial charge on any atom is -0.507 e. The van der Waals surface area contributed by atoms with Crippen molar-refractivity contribution in [3.8, 4) is 17.0 Å². The molecular weight excluding hydrogens is 417 g/mol. The van der Waals surface area contributed by atoms with Gasteiger partial charge in [-0.05, 0) is 62.1 Å². The normalized spacial score (nSPS) is 21.1. The fraction of sp³-hybridized carbons (Fsp3) is 0.409. The van der Waals surface area contributed by atoms with Gasteiger partial charge in [-0.1, -0.05) is 0 Å². The van der Waals surface area contributed by atoms with Crippen LogP contribution in [0.3, 0.4) is 0 Å². The molecular formula is C22H26FN5O4. The number of aromatic nitrogens is 3. The Labute approximate surface area is 184 Å². The smallest absolute Gasteiger partial charge is 0.290 e. The van der Waals surface area contributed by atoms with Crippen LogP contribution in [0.15, 0.2) is 30.5 Å². The molecule has 0 bridgehead atoms. The zero-order valence-electron chi connectivity index (χ0n) is 17.6. The Kier molecular flexibility index (Phi) is 6.24. The molecule has 32 heavy (non-hydrogen) atoms. The van der Waals surface area contributed by atoms with Crippen LogP contribution in [-0.4, -0.2) is 73.6 Å². The molecule has 2 aliphatic rings. The molecule has 1 saturated heterocycles. The number of piperidine rings is 1. The number of aliphatic hydroxyl groups excluding tert-OH is 1. The number of likely N-dealkylation sites (tertiary alicyclic amines) is 1. The average Bonchev–Trinajstić information content (AvgIpc) is 3.45. The number of nitrogens with zero attached hydrogens (tertiary/aromatic N) is 4. The summed E-state index contributed by atoms with van der Waals surface area (Å²) in [6, 6.07) is 6.83. The number of anilines is 1. The summed E-state index contributed by atoms with van der Waals surface area (Å²) in [5.41, 5.74) is 1.87. The highest BCUT2D eigenvalue weighted by Gasteiger charge is 2.28. The zero-order chi connectivity index (χ0) is 22.8. The minimum atomic E-state index is -0.484. The first kappa shape index (κ1) is 22.0. The lowest BCUT2D eigenvalue weighted by Crippen LogP contribution is -2.47. The molecule has 9 nitrogen and oxygen atoms in total. The first-order valence-corrected chi connectivity index (χ1v) is 10.5. The number of fused-ring (bicyclic) bond motifs is 1. The van der Waals surface area contributed by atoms with Gasteiger partial charge in [0.1, 0.15) is 17.3 Å². The topological polar surface area (TPSA) is 123 Å². The molecule has 0 radical (unpaired) electrons. The Morgan fingerprint density at radius 3 is 2.66 bits per heavy atom. The van der Waals surface area contributed by atoms with E-state index in [1.54, 1.807) is 10.5 Å². The van der Waals surface area contributed by atoms with Crippen LogP contribution in [0.4, 0.5) is 10.3 Å². The zero-order valence-corrected chi connectivity index (χ0v) is 17.6. The highest BCUT2D eigenvalue weighted by Crippen LogP contribution is 2.44. The number of carbonyl (C=O) groups is 1. The van der Waals surface area contributed by atoms with Gasteiger partial charge in [0, 0.05) is 25.3 Å². The minimum absolute atomic E-state index is 0.0254. The van der Waals surface area contributed by atoms with Crippen LogP contribution < -0.4 is 5.32 Å². The highest BCUT2D eigenvalue weighted by molar-refractivity contribution is 5.81. The van der Waals surface area contributed by atoms with Crippen LogP contribution in [-0.2, 0) is 4.79 Å². The molecule has 1 aliphatic heterocycles. The largest absolute Gasteiger partial charge is 0.507 e. The molecule has 3 heterocycles. The van der Waals surface area contributed by atoms with Crippen molar-refractivity contribution in [2.45, 2.75) is 37.3 Å². The molecule has 2 aromatic heterocycles. The molecule has 1 saturated carbocycles. The maximum atomic E-state index is 14.9. The lowest BCUT2D eigenvalue weighted by Gasteiger charge is -2.33. The second-order valence-corrected chi connectivity index (χ2v) is 8.36. The average molecular weight is 443 g/mol. The summed E-state index contributed by atoms with van der Waals surface area (Å²) in [4.78, 5) is 10.4. The molecule has 1 aliphatic carbocycles. The number of likely N-dealkylation sites (N-methyl/N-ethyl adjacent to an activating group) is 1. The van der Waals surface area contributed by atoms with E-state index in [9.17, 15) is 14.6 Å². The number of β-amino-alcohol motifs (C(OH)–C–C–N with tert-alkyl or cyclic N) is 1. The number of carboxylic acid groups (broad SMARTS) is 1. The van der Waals surface area contributed by atoms with Crippen molar-refractivity contribution in [1.82, 2.24) is 19.5 Å². The molecule has 0 spiro atoms. The van der Waals surface area contributed by atoms with Gasteiger partial charge < -0.3 is 25.5 Å². The van der Waals surface area contributed by atoms with E-state index in [0.717, 1.165) is 24.9 Å². The van der Waals surface area contributed by atoms with Gasteiger partial charge in [0.05, 0.1) is 17.2 Å². The molecule has 0 unspecified atom stereocenters. The van der Waals surface area contributed by atoms with Crippen molar-refractivity contribution in [3.05, 3.63) is 41.8 Å². The van der Waals surface area contributed by atoms with Gasteiger partial charge in [-0.15, -0.1) is 10.2 Å². The standard InChI is InChI=1S/C21H24FN5O2.CH2O2/c1-26-10-14(9-15(28)11-26)23-21-25-24-20(17-3-2-6-27(17)21)19-16(22)7-13(8-18(19)29)12-4-5-12;2-1-3/h2-3,6-8,12,14-15,28-29H,4-5,9-11H2,1H3,(H,23,25);1H,(H,2,3)/t14-,15-;/m1./s1. The Morgan fingerprint density at radius 2 is 2.00 bits per heavy atom. The van der Waals surface area contributed by atoms with Gasteiger partial charge in [0.15, 0.2) is 0 Å². The molecule has 170 valence electrons. The van der Waals surface area contributed by atoms with Gasteiger partial charge >= 0.3 is 0 Å². The van der Waals surface area contributed by atoms with Crippen LogP contribution in [0.2, 0.25) is 0 Å². The molecule has 0 amide bonds. The molecule has 1 aromatic carbocycles. The van der Waals surface area contributed by atoms with Crippen molar-refractivity contribution < 1.29 is 24.5 Å². The Morgan fingerprint density at radius 1 is 1.25 bits per heavy atom. The summed E-state index contributed by atoms with van der Waals surface area (Å²) < 4.78 is 16.7. The Hall–Kier alpha value is -3.24. The number of halogens is 1. The monoisotopic (exact) mass is 443 g/mol. The van der Waals surface area contributed by atoms with E-state index in [4.69, 9.17) is 9.90 Å². The van der Waals surface area contributed by atoms with Crippen LogP contribution in [0, 0.1) is 5.82 Å². The number of phenols is 1. The number of hydrogen-bond acceptors (Lipinski definition) is 7. The maximum absolute atomic E-state index is 14.9. The van der Waals surface area contributed by atoms with Gasteiger partial charge in [0.25, 0.3) is 6.47 Å². The molecule has 4 N–H and O–H groups in total. The lowest BCUT2D eigenvalue weighted by atomic mass is 10.0. The Bertz CT molecular complexity index is 1080. The molecule has 3 aromatic rings. The van der Waals surface area contributed by atoms with E-state index in [1.165, 1.54) is 6.07 Å². The molecule has 10 heteroatoms. The second kappa shape index (κ2) is 9.09. The third-order valence-corrected chi connectivity index (χ3v) is 5.79. The second-order valence-electron chi connectivity index (χ2n) is 8.36. The fourth-order valence-corrected chi connectivity index (χ4v) is 4.31. The van der Waals surface area contributed by atoms with E-state index in [1.807, 2.05) is 25.4 Å². The van der Waals surface area contributed by atoms with Gasteiger partial charge in [-0.2, -0.15) is 0 Å². The summed E-state index contributed by atoms with van der Waals surface area (Å²) in [6.07, 6.45) is 4.12. The summed E-state index contributed by atoms with van der Waals surface area (Å²) in [7, 11) is 1.97. The number of rotatable bonds is 4. The predicted octanol–water partition coefficient (Wildman–Crippen LogP) is 2.30. The van der Waals surface area contributed by atoms with E-state index in [2.05, 4.69) is 20.4 Å². The van der Waals surface area contributed by atoms with Gasteiger partial charge in [-0.25, -0.2) is 4.39 Å². The Balaban J connectivity index is 0.000000775. The van der Waals surface area contributed by atoms with Crippen molar-refractivity contribution in [2.24, 2.45) is 0 Å². The predicted molar refractivity (Wildman–Crippen MR) is 116 cm³/mol. The van der Waals surface area contributed by atoms with Gasteiger partial charge in [0.2, 0.25) is 5.95 Å². The van der Waals surface area contributed by atoms with E-state index in [0.29, 0.717) is 36.0 Å². The number of benzene rings is 1. The molecule has 2 fully saturated rings. The fourth-order valence-electron chi connectivity index (χ4n) is 4.31. The lowest BCUT2D eigenvalue weighted by molar-refractivity contribution is -0.122. The third kappa shape index (κ3) is 4.51. The SMILES string of the molecule is CN1C[C@H](O)C[C@@H](Nc2nnc(-c3c(O)cc(C4CC4)cc3F)c3cccn23)C1.O=CO. The van der Waals surface area contributed by atoms with Crippen LogP contribution in [0.25, 0.3) is 16.8 Å². The number of aliphatic hydroxyl groups is 1. The summed E-state index contributed by atoms with van der Waals surface area (Å²) in [6.45, 7) is 1.18. The number of hydrogen-bond donors (Lipinski definition) is 4. The van der Waals surface area contributed by atoms with Crippen molar-refractivity contribution in [2.75, 3.05) is 25.5 Å².